The maximum atomic E-state index is 12.6. The molecule has 0 bridgehead atoms. The number of hydrogen-bond donors (Lipinski definition) is 4. The van der Waals surface area contributed by atoms with E-state index in [0.29, 0.717) is 42.7 Å². The number of carbonyl (C=O) groups excluding carboxylic acids is 1. The van der Waals surface area contributed by atoms with E-state index in [1.54, 1.807) is 12.1 Å². The number of rotatable bonds is 6. The zero-order valence-corrected chi connectivity index (χ0v) is 16.3. The van der Waals surface area contributed by atoms with Crippen LogP contribution in [0, 0.1) is 17.8 Å². The summed E-state index contributed by atoms with van der Waals surface area (Å²) in [4.78, 5) is 23.9. The first-order valence-corrected chi connectivity index (χ1v) is 10.1. The molecule has 152 valence electrons. The third-order valence-electron chi connectivity index (χ3n) is 6.25. The van der Waals surface area contributed by atoms with Crippen LogP contribution in [0.4, 0.5) is 0 Å². The maximum Gasteiger partial charge on any atom is 0.547 e. The van der Waals surface area contributed by atoms with Gasteiger partial charge in [0.2, 0.25) is 5.91 Å². The van der Waals surface area contributed by atoms with Crippen LogP contribution in [-0.4, -0.2) is 41.6 Å². The number of aromatic carboxylic acids is 1. The van der Waals surface area contributed by atoms with Gasteiger partial charge >= 0.3 is 13.1 Å². The average Bonchev–Trinajstić information content (AvgIpc) is 2.67. The molecule has 1 fully saturated rings. The third kappa shape index (κ3) is 4.50. The highest BCUT2D eigenvalue weighted by Crippen LogP contribution is 2.37. The highest BCUT2D eigenvalue weighted by molar-refractivity contribution is 6.47. The largest absolute Gasteiger partial charge is 0.547 e. The first-order valence-electron chi connectivity index (χ1n) is 10.1. The van der Waals surface area contributed by atoms with Crippen molar-refractivity contribution in [3.8, 4) is 5.75 Å². The SMILES string of the molecule is CCC1CC(CC(=O)NC2Cc3cccc(C(=O)O)c3OB2O)CCC1CN. The summed E-state index contributed by atoms with van der Waals surface area (Å²) in [6.45, 7) is 2.88. The Labute approximate surface area is 165 Å². The normalized spacial score (nSPS) is 26.9. The minimum absolute atomic E-state index is 0.0172. The Morgan fingerprint density at radius 1 is 1.32 bits per heavy atom. The zero-order chi connectivity index (χ0) is 20.3. The summed E-state index contributed by atoms with van der Waals surface area (Å²) in [5.41, 5.74) is 6.55. The van der Waals surface area contributed by atoms with Gasteiger partial charge in [-0.1, -0.05) is 25.5 Å². The van der Waals surface area contributed by atoms with E-state index in [-0.39, 0.29) is 17.2 Å². The van der Waals surface area contributed by atoms with Crippen LogP contribution in [-0.2, 0) is 11.2 Å². The molecule has 3 rings (SSSR count). The van der Waals surface area contributed by atoms with Gasteiger partial charge in [0.25, 0.3) is 0 Å². The fourth-order valence-corrected chi connectivity index (χ4v) is 4.66. The number of benzene rings is 1. The van der Waals surface area contributed by atoms with Gasteiger partial charge in [0.15, 0.2) is 0 Å². The van der Waals surface area contributed by atoms with Gasteiger partial charge in [-0.25, -0.2) is 4.79 Å². The van der Waals surface area contributed by atoms with E-state index in [0.717, 1.165) is 25.7 Å². The topological polar surface area (TPSA) is 122 Å². The van der Waals surface area contributed by atoms with E-state index in [1.165, 1.54) is 6.07 Å². The Hall–Kier alpha value is -2.06. The number of carboxylic acids is 1. The molecule has 0 aromatic heterocycles. The summed E-state index contributed by atoms with van der Waals surface area (Å²) in [5.74, 6) is -0.161. The Bertz CT molecular complexity index is 729. The Morgan fingerprint density at radius 2 is 2.11 bits per heavy atom. The van der Waals surface area contributed by atoms with Gasteiger partial charge in [-0.05, 0) is 61.6 Å². The fourth-order valence-electron chi connectivity index (χ4n) is 4.66. The molecule has 28 heavy (non-hydrogen) atoms. The lowest BCUT2D eigenvalue weighted by molar-refractivity contribution is -0.122. The summed E-state index contributed by atoms with van der Waals surface area (Å²) in [5, 5.41) is 22.4. The second-order valence-corrected chi connectivity index (χ2v) is 8.03. The van der Waals surface area contributed by atoms with Crippen LogP contribution in [0.1, 0.15) is 54.9 Å². The molecule has 0 spiro atoms. The number of para-hydroxylation sites is 1. The molecule has 0 radical (unpaired) electrons. The van der Waals surface area contributed by atoms with Crippen LogP contribution >= 0.6 is 0 Å². The van der Waals surface area contributed by atoms with Crippen molar-refractivity contribution in [1.82, 2.24) is 5.32 Å². The van der Waals surface area contributed by atoms with E-state index >= 15 is 0 Å². The Balaban J connectivity index is 1.59. The van der Waals surface area contributed by atoms with Gasteiger partial charge in [0, 0.05) is 6.42 Å². The second-order valence-electron chi connectivity index (χ2n) is 8.03. The lowest BCUT2D eigenvalue weighted by Gasteiger charge is -2.35. The van der Waals surface area contributed by atoms with E-state index in [4.69, 9.17) is 10.4 Å². The molecule has 1 aromatic carbocycles. The van der Waals surface area contributed by atoms with Crippen molar-refractivity contribution >= 4 is 19.0 Å². The van der Waals surface area contributed by atoms with E-state index in [2.05, 4.69) is 12.2 Å². The van der Waals surface area contributed by atoms with Crippen LogP contribution in [0.15, 0.2) is 18.2 Å². The van der Waals surface area contributed by atoms with E-state index in [9.17, 15) is 19.7 Å². The van der Waals surface area contributed by atoms with Crippen LogP contribution in [0.25, 0.3) is 0 Å². The van der Waals surface area contributed by atoms with E-state index in [1.807, 2.05) is 0 Å². The molecular formula is C20H29BN2O5. The molecule has 1 amide bonds. The summed E-state index contributed by atoms with van der Waals surface area (Å²) < 4.78 is 5.44. The van der Waals surface area contributed by atoms with Gasteiger partial charge in [0.1, 0.15) is 5.75 Å². The molecule has 1 saturated carbocycles. The van der Waals surface area contributed by atoms with Gasteiger partial charge in [-0.15, -0.1) is 0 Å². The first kappa shape index (κ1) is 20.7. The van der Waals surface area contributed by atoms with Gasteiger partial charge < -0.3 is 25.8 Å². The lowest BCUT2D eigenvalue weighted by atomic mass is 9.71. The minimum Gasteiger partial charge on any atom is -0.534 e. The highest BCUT2D eigenvalue weighted by atomic mass is 16.5. The standard InChI is InChI=1S/C20H29BN2O5/c1-2-13-8-12(6-7-15(13)11-22)9-18(24)23-17-10-14-4-3-5-16(20(25)26)19(14)28-21(17)27/h3-5,12-13,15,17,27H,2,6-11,22H2,1H3,(H,23,24)(H,25,26). The first-order chi connectivity index (χ1) is 13.4. The quantitative estimate of drug-likeness (QED) is 0.550. The molecule has 1 aliphatic carbocycles. The number of amides is 1. The van der Waals surface area contributed by atoms with Crippen molar-refractivity contribution in [2.45, 2.75) is 51.4 Å². The minimum atomic E-state index is -1.27. The summed E-state index contributed by atoms with van der Waals surface area (Å²) in [7, 11) is -1.27. The maximum absolute atomic E-state index is 12.6. The molecule has 0 saturated heterocycles. The summed E-state index contributed by atoms with van der Waals surface area (Å²) >= 11 is 0. The van der Waals surface area contributed by atoms with Crippen molar-refractivity contribution in [2.24, 2.45) is 23.5 Å². The molecule has 8 heteroatoms. The van der Waals surface area contributed by atoms with Crippen molar-refractivity contribution in [3.63, 3.8) is 0 Å². The number of nitrogens with two attached hydrogens (primary N) is 1. The third-order valence-corrected chi connectivity index (χ3v) is 6.25. The smallest absolute Gasteiger partial charge is 0.534 e. The number of carbonyl (C=O) groups is 2. The molecule has 1 heterocycles. The Morgan fingerprint density at radius 3 is 2.79 bits per heavy atom. The molecule has 4 unspecified atom stereocenters. The molecule has 1 aliphatic heterocycles. The predicted octanol–water partition coefficient (Wildman–Crippen LogP) is 1.62. The van der Waals surface area contributed by atoms with Crippen LogP contribution < -0.4 is 15.7 Å². The molecule has 4 atom stereocenters. The van der Waals surface area contributed by atoms with Crippen LogP contribution in [0.2, 0.25) is 0 Å². The number of hydrogen-bond acceptors (Lipinski definition) is 5. The van der Waals surface area contributed by atoms with Crippen molar-refractivity contribution in [3.05, 3.63) is 29.3 Å². The number of carboxylic acid groups (broad SMARTS) is 1. The van der Waals surface area contributed by atoms with Crippen molar-refractivity contribution in [2.75, 3.05) is 6.54 Å². The monoisotopic (exact) mass is 388 g/mol. The highest BCUT2D eigenvalue weighted by Gasteiger charge is 2.38. The predicted molar refractivity (Wildman–Crippen MR) is 106 cm³/mol. The molecule has 1 aromatic rings. The molecular weight excluding hydrogens is 359 g/mol. The van der Waals surface area contributed by atoms with Gasteiger partial charge in [0.05, 0.1) is 11.5 Å². The average molecular weight is 388 g/mol. The Kier molecular flexibility index (Phi) is 6.62. The van der Waals surface area contributed by atoms with Crippen LogP contribution in [0.3, 0.4) is 0 Å². The van der Waals surface area contributed by atoms with Crippen molar-refractivity contribution < 1.29 is 24.4 Å². The molecule has 5 N–H and O–H groups in total. The number of fused-ring (bicyclic) bond motifs is 1. The molecule has 7 nitrogen and oxygen atoms in total. The summed E-state index contributed by atoms with van der Waals surface area (Å²) in [6, 6.07) is 4.84. The van der Waals surface area contributed by atoms with Crippen molar-refractivity contribution in [1.29, 1.82) is 0 Å². The zero-order valence-electron chi connectivity index (χ0n) is 16.3. The lowest BCUT2D eigenvalue weighted by Crippen LogP contribution is -2.53. The fraction of sp³-hybridized carbons (Fsp3) is 0.600. The van der Waals surface area contributed by atoms with Gasteiger partial charge in [-0.2, -0.15) is 0 Å². The second kappa shape index (κ2) is 8.96. The molecule has 2 aliphatic rings. The van der Waals surface area contributed by atoms with Gasteiger partial charge in [-0.3, -0.25) is 4.79 Å². The number of nitrogens with one attached hydrogen (secondary N) is 1. The van der Waals surface area contributed by atoms with Crippen LogP contribution in [0.5, 0.6) is 5.75 Å². The van der Waals surface area contributed by atoms with E-state index < -0.39 is 19.0 Å². The summed E-state index contributed by atoms with van der Waals surface area (Å²) in [6.07, 6.45) is 4.92.